The number of hydrogen-bond acceptors (Lipinski definition) is 4. The van der Waals surface area contributed by atoms with Crippen LogP contribution in [0.4, 0.5) is 13.2 Å². The molecule has 0 spiro atoms. The summed E-state index contributed by atoms with van der Waals surface area (Å²) in [6.07, 6.45) is -1.94. The van der Waals surface area contributed by atoms with Crippen molar-refractivity contribution in [3.8, 4) is 0 Å². The van der Waals surface area contributed by atoms with Gasteiger partial charge < -0.3 is 15.9 Å². The molecule has 1 aromatic rings. The third kappa shape index (κ3) is 4.85. The van der Waals surface area contributed by atoms with Crippen LogP contribution in [0.25, 0.3) is 0 Å². The molecule has 0 heterocycles. The molecule has 0 aromatic heterocycles. The zero-order chi connectivity index (χ0) is 13.8. The van der Waals surface area contributed by atoms with Crippen molar-refractivity contribution in [2.24, 2.45) is 5.73 Å². The molecule has 0 bridgehead atoms. The first-order chi connectivity index (χ1) is 8.33. The molecule has 0 saturated heterocycles. The minimum absolute atomic E-state index is 0.0340. The molecular weight excluding hydrogens is 267 g/mol. The molecule has 1 aromatic carbocycles. The summed E-state index contributed by atoms with van der Waals surface area (Å²) < 4.78 is 36.3. The van der Waals surface area contributed by atoms with E-state index in [9.17, 15) is 23.4 Å². The van der Waals surface area contributed by atoms with Gasteiger partial charge >= 0.3 is 5.51 Å². The van der Waals surface area contributed by atoms with Gasteiger partial charge in [0.25, 0.3) is 0 Å². The Morgan fingerprint density at radius 3 is 2.17 bits per heavy atom. The van der Waals surface area contributed by atoms with Crippen molar-refractivity contribution in [3.63, 3.8) is 0 Å². The maximum Gasteiger partial charge on any atom is 0.446 e. The highest BCUT2D eigenvalue weighted by Gasteiger charge is 2.29. The van der Waals surface area contributed by atoms with Gasteiger partial charge in [0, 0.05) is 4.90 Å². The number of aliphatic hydroxyl groups is 2. The second kappa shape index (κ2) is 6.42. The van der Waals surface area contributed by atoms with Gasteiger partial charge in [-0.15, -0.1) is 0 Å². The number of nitrogens with two attached hydrogens (primary N) is 1. The first kappa shape index (κ1) is 15.3. The van der Waals surface area contributed by atoms with Crippen LogP contribution in [0, 0.1) is 0 Å². The number of rotatable bonds is 5. The van der Waals surface area contributed by atoms with Crippen LogP contribution < -0.4 is 5.73 Å². The van der Waals surface area contributed by atoms with E-state index in [4.69, 9.17) is 5.73 Å². The van der Waals surface area contributed by atoms with E-state index in [1.54, 1.807) is 0 Å². The Hall–Kier alpha value is -0.760. The van der Waals surface area contributed by atoms with Gasteiger partial charge in [-0.2, -0.15) is 13.2 Å². The molecule has 2 unspecified atom stereocenters. The highest BCUT2D eigenvalue weighted by atomic mass is 32.2. The Kier molecular flexibility index (Phi) is 5.46. The fourth-order valence-electron chi connectivity index (χ4n) is 1.42. The third-order valence-electron chi connectivity index (χ3n) is 2.28. The van der Waals surface area contributed by atoms with E-state index in [2.05, 4.69) is 0 Å². The van der Waals surface area contributed by atoms with Gasteiger partial charge in [-0.1, -0.05) is 12.1 Å². The number of halogens is 3. The number of hydrogen-bond donors (Lipinski definition) is 3. The van der Waals surface area contributed by atoms with Gasteiger partial charge in [-0.25, -0.2) is 0 Å². The zero-order valence-electron chi connectivity index (χ0n) is 9.39. The van der Waals surface area contributed by atoms with E-state index in [-0.39, 0.29) is 29.6 Å². The summed E-state index contributed by atoms with van der Waals surface area (Å²) >= 11 is -0.224. The van der Waals surface area contributed by atoms with Crippen molar-refractivity contribution in [1.29, 1.82) is 0 Å². The maximum absolute atomic E-state index is 12.1. The van der Waals surface area contributed by atoms with Crippen molar-refractivity contribution >= 4 is 11.8 Å². The summed E-state index contributed by atoms with van der Waals surface area (Å²) in [5.41, 5.74) is 1.27. The Morgan fingerprint density at radius 2 is 1.72 bits per heavy atom. The van der Waals surface area contributed by atoms with Gasteiger partial charge in [-0.05, 0) is 42.4 Å². The summed E-state index contributed by atoms with van der Waals surface area (Å²) in [6.45, 7) is 0.222. The summed E-state index contributed by atoms with van der Waals surface area (Å²) in [5, 5.41) is 19.2. The van der Waals surface area contributed by atoms with Crippen molar-refractivity contribution in [2.75, 3.05) is 6.54 Å². The van der Waals surface area contributed by atoms with E-state index in [1.165, 1.54) is 24.3 Å². The molecular formula is C11H14F3NO2S. The molecule has 4 N–H and O–H groups in total. The average Bonchev–Trinajstić information content (AvgIpc) is 2.27. The van der Waals surface area contributed by atoms with E-state index in [1.807, 2.05) is 0 Å². The average molecular weight is 281 g/mol. The molecule has 0 radical (unpaired) electrons. The minimum atomic E-state index is -4.33. The normalized spacial score (nSPS) is 15.4. The largest absolute Gasteiger partial charge is 0.446 e. The summed E-state index contributed by atoms with van der Waals surface area (Å²) in [5.74, 6) is 0. The van der Waals surface area contributed by atoms with Crippen molar-refractivity contribution in [3.05, 3.63) is 29.8 Å². The molecule has 102 valence electrons. The van der Waals surface area contributed by atoms with Gasteiger partial charge in [-0.3, -0.25) is 0 Å². The number of thioether (sulfide) groups is 1. The van der Waals surface area contributed by atoms with Crippen molar-refractivity contribution in [2.45, 2.75) is 29.0 Å². The van der Waals surface area contributed by atoms with E-state index < -0.39 is 17.7 Å². The smallest absolute Gasteiger partial charge is 0.390 e. The predicted molar refractivity (Wildman–Crippen MR) is 63.0 cm³/mol. The maximum atomic E-state index is 12.1. The lowest BCUT2D eigenvalue weighted by Gasteiger charge is -2.17. The van der Waals surface area contributed by atoms with Crippen LogP contribution >= 0.6 is 11.8 Å². The number of benzene rings is 1. The van der Waals surface area contributed by atoms with Crippen LogP contribution in [0.3, 0.4) is 0 Å². The summed E-state index contributed by atoms with van der Waals surface area (Å²) in [7, 11) is 0. The highest BCUT2D eigenvalue weighted by Crippen LogP contribution is 2.37. The molecule has 3 nitrogen and oxygen atoms in total. The van der Waals surface area contributed by atoms with Gasteiger partial charge in [0.2, 0.25) is 0 Å². The Labute approximate surface area is 107 Å². The Bertz CT molecular complexity index is 370. The van der Waals surface area contributed by atoms with Crippen LogP contribution in [-0.2, 0) is 0 Å². The molecule has 0 aliphatic rings. The molecule has 2 atom stereocenters. The fraction of sp³-hybridized carbons (Fsp3) is 0.455. The van der Waals surface area contributed by atoms with Gasteiger partial charge in [0.05, 0.1) is 6.10 Å². The molecule has 0 aliphatic heterocycles. The topological polar surface area (TPSA) is 66.5 Å². The monoisotopic (exact) mass is 281 g/mol. The van der Waals surface area contributed by atoms with Crippen molar-refractivity contribution < 1.29 is 23.4 Å². The molecule has 0 amide bonds. The van der Waals surface area contributed by atoms with E-state index >= 15 is 0 Å². The van der Waals surface area contributed by atoms with Crippen LogP contribution in [0.5, 0.6) is 0 Å². The lowest BCUT2D eigenvalue weighted by molar-refractivity contribution is -0.0328. The molecule has 1 rings (SSSR count). The first-order valence-electron chi connectivity index (χ1n) is 5.25. The van der Waals surface area contributed by atoms with Gasteiger partial charge in [0.15, 0.2) is 0 Å². The number of alkyl halides is 3. The van der Waals surface area contributed by atoms with Crippen molar-refractivity contribution in [1.82, 2.24) is 0 Å². The van der Waals surface area contributed by atoms with Crippen LogP contribution in [-0.4, -0.2) is 28.4 Å². The predicted octanol–water partition coefficient (Wildman–Crippen LogP) is 2.04. The van der Waals surface area contributed by atoms with E-state index in [0.717, 1.165) is 0 Å². The lowest BCUT2D eigenvalue weighted by atomic mass is 10.0. The molecule has 0 fully saturated rings. The van der Waals surface area contributed by atoms with Gasteiger partial charge in [0.1, 0.15) is 6.10 Å². The lowest BCUT2D eigenvalue weighted by Crippen LogP contribution is -2.21. The summed E-state index contributed by atoms with van der Waals surface area (Å²) in [4.78, 5) is 0.0340. The Morgan fingerprint density at radius 1 is 1.17 bits per heavy atom. The van der Waals surface area contributed by atoms with Crippen LogP contribution in [0.1, 0.15) is 18.1 Å². The standard InChI is InChI=1S/C11H14F3NO2S/c12-11(13,14)18-8-3-1-7(2-4-8)10(17)9(16)5-6-15/h1-4,9-10,16-17H,5-6,15H2. The first-order valence-corrected chi connectivity index (χ1v) is 6.07. The minimum Gasteiger partial charge on any atom is -0.390 e. The molecule has 7 heteroatoms. The SMILES string of the molecule is NCCC(O)C(O)c1ccc(SC(F)(F)F)cc1. The summed E-state index contributed by atoms with van der Waals surface area (Å²) in [6, 6.07) is 5.23. The molecule has 0 saturated carbocycles. The Balaban J connectivity index is 2.70. The second-order valence-electron chi connectivity index (χ2n) is 3.71. The zero-order valence-corrected chi connectivity index (χ0v) is 10.2. The second-order valence-corrected chi connectivity index (χ2v) is 4.84. The fourth-order valence-corrected chi connectivity index (χ4v) is 1.96. The van der Waals surface area contributed by atoms with E-state index in [0.29, 0.717) is 5.56 Å². The number of aliphatic hydroxyl groups excluding tert-OH is 2. The quantitative estimate of drug-likeness (QED) is 0.723. The molecule has 18 heavy (non-hydrogen) atoms. The van der Waals surface area contributed by atoms with Crippen LogP contribution in [0.15, 0.2) is 29.2 Å². The van der Waals surface area contributed by atoms with Crippen LogP contribution in [0.2, 0.25) is 0 Å². The third-order valence-corrected chi connectivity index (χ3v) is 3.02. The molecule has 0 aliphatic carbocycles. The highest BCUT2D eigenvalue weighted by molar-refractivity contribution is 8.00.